The van der Waals surface area contributed by atoms with Gasteiger partial charge in [0.25, 0.3) is 5.91 Å². The van der Waals surface area contributed by atoms with Gasteiger partial charge in [0.2, 0.25) is 5.91 Å². The summed E-state index contributed by atoms with van der Waals surface area (Å²) in [6, 6.07) is 15.2. The maximum atomic E-state index is 13.4. The summed E-state index contributed by atoms with van der Waals surface area (Å²) in [6.07, 6.45) is 2.47. The zero-order valence-corrected chi connectivity index (χ0v) is 20.2. The van der Waals surface area contributed by atoms with Crippen LogP contribution in [-0.4, -0.2) is 35.9 Å². The smallest absolute Gasteiger partial charge is 0.261 e. The lowest BCUT2D eigenvalue weighted by atomic mass is 10.0. The van der Waals surface area contributed by atoms with Gasteiger partial charge in [-0.15, -0.1) is 0 Å². The van der Waals surface area contributed by atoms with Crippen LogP contribution in [0.3, 0.4) is 0 Å². The number of para-hydroxylation sites is 1. The number of hydrogen-bond donors (Lipinski definition) is 1. The van der Waals surface area contributed by atoms with Gasteiger partial charge in [-0.3, -0.25) is 9.59 Å². The van der Waals surface area contributed by atoms with Crippen LogP contribution in [0.4, 0.5) is 0 Å². The first-order valence-electron chi connectivity index (χ1n) is 11.7. The average molecular weight is 439 g/mol. The van der Waals surface area contributed by atoms with Gasteiger partial charge in [0.05, 0.1) is 0 Å². The molecule has 0 radical (unpaired) electrons. The number of unbranched alkanes of at least 4 members (excludes halogenated alkanes) is 1. The van der Waals surface area contributed by atoms with Crippen molar-refractivity contribution in [3.63, 3.8) is 0 Å². The average Bonchev–Trinajstić information content (AvgIpc) is 2.78. The van der Waals surface area contributed by atoms with Crippen LogP contribution >= 0.6 is 0 Å². The number of hydrogen-bond acceptors (Lipinski definition) is 3. The van der Waals surface area contributed by atoms with E-state index in [9.17, 15) is 9.59 Å². The molecule has 0 heterocycles. The van der Waals surface area contributed by atoms with E-state index in [-0.39, 0.29) is 24.3 Å². The zero-order valence-electron chi connectivity index (χ0n) is 20.2. The number of amides is 2. The van der Waals surface area contributed by atoms with E-state index in [2.05, 4.69) is 26.1 Å². The second kappa shape index (κ2) is 12.9. The molecule has 0 fully saturated rings. The first-order valence-corrected chi connectivity index (χ1v) is 11.7. The minimum absolute atomic E-state index is 0.103. The molecule has 0 saturated carbocycles. The third-order valence-electron chi connectivity index (χ3n) is 5.71. The molecule has 0 unspecified atom stereocenters. The number of carbonyl (C=O) groups excluding carboxylic acids is 2. The normalized spacial score (nSPS) is 11.8. The summed E-state index contributed by atoms with van der Waals surface area (Å²) in [5.41, 5.74) is 3.19. The maximum absolute atomic E-state index is 13.4. The molecule has 2 aromatic carbocycles. The van der Waals surface area contributed by atoms with E-state index >= 15 is 0 Å². The highest BCUT2D eigenvalue weighted by Crippen LogP contribution is 2.26. The predicted molar refractivity (Wildman–Crippen MR) is 130 cm³/mol. The molecule has 2 aromatic rings. The summed E-state index contributed by atoms with van der Waals surface area (Å²) >= 11 is 0. The largest absolute Gasteiger partial charge is 0.483 e. The van der Waals surface area contributed by atoms with Crippen molar-refractivity contribution in [2.45, 2.75) is 72.4 Å². The van der Waals surface area contributed by atoms with E-state index in [1.807, 2.05) is 62.4 Å². The Kier molecular flexibility index (Phi) is 10.3. The van der Waals surface area contributed by atoms with Gasteiger partial charge >= 0.3 is 0 Å². The van der Waals surface area contributed by atoms with E-state index in [1.54, 1.807) is 4.90 Å². The Hall–Kier alpha value is -2.82. The maximum Gasteiger partial charge on any atom is 0.261 e. The van der Waals surface area contributed by atoms with Gasteiger partial charge in [-0.25, -0.2) is 0 Å². The van der Waals surface area contributed by atoms with Crippen LogP contribution in [0, 0.1) is 6.92 Å². The molecule has 5 heteroatoms. The van der Waals surface area contributed by atoms with Crippen molar-refractivity contribution in [2.24, 2.45) is 0 Å². The molecule has 1 N–H and O–H groups in total. The standard InChI is InChI=1S/C27H38N2O3/c1-6-8-17-28-27(31)24(7-2)29(18-22-14-10-9-13-21(22)5)26(30)19-32-25-16-12-11-15-23(25)20(3)4/h9-16,20,24H,6-8,17-19H2,1-5H3,(H,28,31)/t24-/m1/s1. The van der Waals surface area contributed by atoms with E-state index in [0.29, 0.717) is 25.3 Å². The highest BCUT2D eigenvalue weighted by Gasteiger charge is 2.29. The van der Waals surface area contributed by atoms with Crippen LogP contribution in [0.25, 0.3) is 0 Å². The molecule has 0 aliphatic carbocycles. The lowest BCUT2D eigenvalue weighted by molar-refractivity contribution is -0.143. The summed E-state index contributed by atoms with van der Waals surface area (Å²) in [7, 11) is 0. The third-order valence-corrected chi connectivity index (χ3v) is 5.71. The number of rotatable bonds is 12. The van der Waals surface area contributed by atoms with E-state index in [1.165, 1.54) is 0 Å². The zero-order chi connectivity index (χ0) is 23.5. The molecule has 2 amide bonds. The van der Waals surface area contributed by atoms with Gasteiger partial charge < -0.3 is 15.0 Å². The highest BCUT2D eigenvalue weighted by molar-refractivity contribution is 5.88. The Morgan fingerprint density at radius 1 is 1.03 bits per heavy atom. The van der Waals surface area contributed by atoms with Crippen molar-refractivity contribution >= 4 is 11.8 Å². The molecule has 32 heavy (non-hydrogen) atoms. The number of nitrogens with zero attached hydrogens (tertiary/aromatic N) is 1. The first-order chi connectivity index (χ1) is 15.4. The highest BCUT2D eigenvalue weighted by atomic mass is 16.5. The van der Waals surface area contributed by atoms with Crippen molar-refractivity contribution in [3.05, 3.63) is 65.2 Å². The van der Waals surface area contributed by atoms with Gasteiger partial charge in [0.15, 0.2) is 6.61 Å². The van der Waals surface area contributed by atoms with Gasteiger partial charge in [0.1, 0.15) is 11.8 Å². The van der Waals surface area contributed by atoms with Crippen molar-refractivity contribution in [2.75, 3.05) is 13.2 Å². The van der Waals surface area contributed by atoms with Gasteiger partial charge in [-0.1, -0.05) is 76.6 Å². The first kappa shape index (κ1) is 25.4. The lowest BCUT2D eigenvalue weighted by Gasteiger charge is -2.31. The quantitative estimate of drug-likeness (QED) is 0.462. The van der Waals surface area contributed by atoms with Crippen LogP contribution < -0.4 is 10.1 Å². The molecular weight excluding hydrogens is 400 g/mol. The van der Waals surface area contributed by atoms with Crippen molar-refractivity contribution in [1.82, 2.24) is 10.2 Å². The Bertz CT molecular complexity index is 879. The van der Waals surface area contributed by atoms with Crippen LogP contribution in [0.2, 0.25) is 0 Å². The summed E-state index contributed by atoms with van der Waals surface area (Å²) in [4.78, 5) is 28.0. The van der Waals surface area contributed by atoms with Crippen LogP contribution in [0.1, 0.15) is 69.6 Å². The van der Waals surface area contributed by atoms with Gasteiger partial charge in [-0.05, 0) is 48.4 Å². The summed E-state index contributed by atoms with van der Waals surface area (Å²) in [6.45, 7) is 11.1. The summed E-state index contributed by atoms with van der Waals surface area (Å²) in [5, 5.41) is 2.99. The summed E-state index contributed by atoms with van der Waals surface area (Å²) in [5.74, 6) is 0.707. The molecule has 5 nitrogen and oxygen atoms in total. The Morgan fingerprint density at radius 3 is 2.38 bits per heavy atom. The molecule has 0 spiro atoms. The Labute approximate surface area is 193 Å². The molecule has 0 aliphatic rings. The van der Waals surface area contributed by atoms with Crippen molar-refractivity contribution in [3.8, 4) is 5.75 Å². The monoisotopic (exact) mass is 438 g/mol. The van der Waals surface area contributed by atoms with Crippen molar-refractivity contribution in [1.29, 1.82) is 0 Å². The molecule has 0 aliphatic heterocycles. The molecule has 1 atom stereocenters. The SMILES string of the molecule is CCCCNC(=O)[C@@H](CC)N(Cc1ccccc1C)C(=O)COc1ccccc1C(C)C. The molecule has 2 rings (SSSR count). The number of carbonyl (C=O) groups is 2. The van der Waals surface area contributed by atoms with E-state index in [0.717, 1.165) is 29.5 Å². The minimum Gasteiger partial charge on any atom is -0.483 e. The van der Waals surface area contributed by atoms with Gasteiger partial charge in [0, 0.05) is 13.1 Å². The van der Waals surface area contributed by atoms with Crippen LogP contribution in [0.5, 0.6) is 5.75 Å². The number of benzene rings is 2. The second-order valence-corrected chi connectivity index (χ2v) is 8.50. The fourth-order valence-corrected chi connectivity index (χ4v) is 3.71. The number of aryl methyl sites for hydroxylation is 1. The van der Waals surface area contributed by atoms with Crippen molar-refractivity contribution < 1.29 is 14.3 Å². The molecular formula is C27H38N2O3. The van der Waals surface area contributed by atoms with Crippen LogP contribution in [0.15, 0.2) is 48.5 Å². The Morgan fingerprint density at radius 2 is 1.72 bits per heavy atom. The predicted octanol–water partition coefficient (Wildman–Crippen LogP) is 5.22. The number of ether oxygens (including phenoxy) is 1. The fraction of sp³-hybridized carbons (Fsp3) is 0.481. The number of nitrogens with one attached hydrogen (secondary N) is 1. The molecule has 0 saturated heterocycles. The topological polar surface area (TPSA) is 58.6 Å². The van der Waals surface area contributed by atoms with E-state index < -0.39 is 6.04 Å². The molecule has 174 valence electrons. The minimum atomic E-state index is -0.539. The third kappa shape index (κ3) is 7.11. The van der Waals surface area contributed by atoms with Gasteiger partial charge in [-0.2, -0.15) is 0 Å². The second-order valence-electron chi connectivity index (χ2n) is 8.50. The molecule has 0 bridgehead atoms. The summed E-state index contributed by atoms with van der Waals surface area (Å²) < 4.78 is 5.96. The molecule has 0 aromatic heterocycles. The Balaban J connectivity index is 2.23. The fourth-order valence-electron chi connectivity index (χ4n) is 3.71. The van der Waals surface area contributed by atoms with E-state index in [4.69, 9.17) is 4.74 Å². The van der Waals surface area contributed by atoms with Crippen LogP contribution in [-0.2, 0) is 16.1 Å². The lowest BCUT2D eigenvalue weighted by Crippen LogP contribution is -2.50.